The van der Waals surface area contributed by atoms with E-state index in [1.165, 1.54) is 24.1 Å². The van der Waals surface area contributed by atoms with Gasteiger partial charge in [0.1, 0.15) is 0 Å². The van der Waals surface area contributed by atoms with Crippen molar-refractivity contribution in [3.8, 4) is 0 Å². The topological polar surface area (TPSA) is 30.9 Å². The molecule has 2 rings (SSSR count). The van der Waals surface area contributed by atoms with Gasteiger partial charge in [0.15, 0.2) is 5.96 Å². The van der Waals surface area contributed by atoms with Crippen molar-refractivity contribution in [1.82, 2.24) is 10.2 Å². The van der Waals surface area contributed by atoms with Crippen LogP contribution in [-0.4, -0.2) is 51.1 Å². The highest BCUT2D eigenvalue weighted by Gasteiger charge is 2.15. The normalized spacial score (nSPS) is 15.4. The van der Waals surface area contributed by atoms with Crippen LogP contribution in [0.4, 0.5) is 5.69 Å². The number of benzene rings is 1. The SMILES string of the molecule is CCNC(=NCCc1ccc(N(C)C)cc1)N1CCCC1. The number of rotatable bonds is 5. The first kappa shape index (κ1) is 15.7. The lowest BCUT2D eigenvalue weighted by atomic mass is 10.1. The highest BCUT2D eigenvalue weighted by molar-refractivity contribution is 5.80. The molecule has 1 N–H and O–H groups in total. The molecule has 21 heavy (non-hydrogen) atoms. The summed E-state index contributed by atoms with van der Waals surface area (Å²) in [6.07, 6.45) is 3.57. The Bertz CT molecular complexity index is 444. The Morgan fingerprint density at radius 1 is 1.19 bits per heavy atom. The van der Waals surface area contributed by atoms with E-state index in [9.17, 15) is 0 Å². The Morgan fingerprint density at radius 3 is 2.43 bits per heavy atom. The van der Waals surface area contributed by atoms with Crippen molar-refractivity contribution in [2.24, 2.45) is 4.99 Å². The minimum atomic E-state index is 0.847. The molecule has 1 fully saturated rings. The molecule has 1 aromatic carbocycles. The third kappa shape index (κ3) is 4.66. The van der Waals surface area contributed by atoms with Gasteiger partial charge in [0.05, 0.1) is 0 Å². The van der Waals surface area contributed by atoms with E-state index in [-0.39, 0.29) is 0 Å². The maximum absolute atomic E-state index is 4.77. The molecule has 1 saturated heterocycles. The van der Waals surface area contributed by atoms with Crippen LogP contribution in [0.25, 0.3) is 0 Å². The molecule has 1 aliphatic heterocycles. The number of likely N-dealkylation sites (tertiary alicyclic amines) is 1. The fraction of sp³-hybridized carbons (Fsp3) is 0.588. The average molecular weight is 288 g/mol. The molecule has 0 aromatic heterocycles. The molecule has 0 radical (unpaired) electrons. The van der Waals surface area contributed by atoms with Crippen LogP contribution in [0.3, 0.4) is 0 Å². The molecule has 1 heterocycles. The molecule has 116 valence electrons. The summed E-state index contributed by atoms with van der Waals surface area (Å²) in [6, 6.07) is 8.75. The monoisotopic (exact) mass is 288 g/mol. The third-order valence-corrected chi connectivity index (χ3v) is 3.86. The summed E-state index contributed by atoms with van der Waals surface area (Å²) in [5.41, 5.74) is 2.59. The summed E-state index contributed by atoms with van der Waals surface area (Å²) in [7, 11) is 4.14. The summed E-state index contributed by atoms with van der Waals surface area (Å²) >= 11 is 0. The predicted octanol–water partition coefficient (Wildman–Crippen LogP) is 2.36. The summed E-state index contributed by atoms with van der Waals surface area (Å²) < 4.78 is 0. The van der Waals surface area contributed by atoms with Crippen molar-refractivity contribution < 1.29 is 0 Å². The number of nitrogens with zero attached hydrogens (tertiary/aromatic N) is 3. The van der Waals surface area contributed by atoms with E-state index in [2.05, 4.69) is 60.4 Å². The van der Waals surface area contributed by atoms with Gasteiger partial charge in [0, 0.05) is 46.0 Å². The smallest absolute Gasteiger partial charge is 0.193 e. The van der Waals surface area contributed by atoms with E-state index in [1.807, 2.05) is 0 Å². The first-order chi connectivity index (χ1) is 10.2. The fourth-order valence-electron chi connectivity index (χ4n) is 2.61. The Labute approximate surface area is 128 Å². The second-order valence-electron chi connectivity index (χ2n) is 5.74. The lowest BCUT2D eigenvalue weighted by Gasteiger charge is -2.20. The second-order valence-corrected chi connectivity index (χ2v) is 5.74. The molecule has 0 atom stereocenters. The molecule has 1 aliphatic rings. The Balaban J connectivity index is 1.89. The van der Waals surface area contributed by atoms with Crippen molar-refractivity contribution in [3.05, 3.63) is 29.8 Å². The Hall–Kier alpha value is -1.71. The highest BCUT2D eigenvalue weighted by atomic mass is 15.3. The molecular formula is C17H28N4. The zero-order chi connectivity index (χ0) is 15.1. The molecule has 0 spiro atoms. The lowest BCUT2D eigenvalue weighted by Crippen LogP contribution is -2.39. The van der Waals surface area contributed by atoms with Gasteiger partial charge < -0.3 is 15.1 Å². The summed E-state index contributed by atoms with van der Waals surface area (Å²) in [6.45, 7) is 6.20. The minimum Gasteiger partial charge on any atom is -0.378 e. The summed E-state index contributed by atoms with van der Waals surface area (Å²) in [5, 5.41) is 3.40. The van der Waals surface area contributed by atoms with Gasteiger partial charge in [-0.1, -0.05) is 12.1 Å². The van der Waals surface area contributed by atoms with E-state index in [0.29, 0.717) is 0 Å². The number of guanidine groups is 1. The second kappa shape index (κ2) is 7.91. The van der Waals surface area contributed by atoms with Gasteiger partial charge in [-0.2, -0.15) is 0 Å². The highest BCUT2D eigenvalue weighted by Crippen LogP contribution is 2.13. The molecule has 0 amide bonds. The predicted molar refractivity (Wildman–Crippen MR) is 91.3 cm³/mol. The standard InChI is InChI=1S/C17H28N4/c1-4-18-17(21-13-5-6-14-21)19-12-11-15-7-9-16(10-8-15)20(2)3/h7-10H,4-6,11-14H2,1-3H3,(H,18,19). The van der Waals surface area contributed by atoms with Crippen molar-refractivity contribution in [2.75, 3.05) is 45.2 Å². The fourth-order valence-corrected chi connectivity index (χ4v) is 2.61. The molecule has 0 unspecified atom stereocenters. The van der Waals surface area contributed by atoms with Crippen LogP contribution in [0.15, 0.2) is 29.3 Å². The maximum atomic E-state index is 4.77. The number of aliphatic imine (C=N–C) groups is 1. The van der Waals surface area contributed by atoms with Gasteiger partial charge in [0.2, 0.25) is 0 Å². The zero-order valence-corrected chi connectivity index (χ0v) is 13.6. The quantitative estimate of drug-likeness (QED) is 0.666. The number of hydrogen-bond acceptors (Lipinski definition) is 2. The third-order valence-electron chi connectivity index (χ3n) is 3.86. The zero-order valence-electron chi connectivity index (χ0n) is 13.6. The molecular weight excluding hydrogens is 260 g/mol. The van der Waals surface area contributed by atoms with Crippen molar-refractivity contribution in [1.29, 1.82) is 0 Å². The van der Waals surface area contributed by atoms with Gasteiger partial charge in [-0.15, -0.1) is 0 Å². The number of hydrogen-bond donors (Lipinski definition) is 1. The Morgan fingerprint density at radius 2 is 1.86 bits per heavy atom. The van der Waals surface area contributed by atoms with E-state index < -0.39 is 0 Å². The maximum Gasteiger partial charge on any atom is 0.193 e. The lowest BCUT2D eigenvalue weighted by molar-refractivity contribution is 0.494. The molecule has 4 heteroatoms. The van der Waals surface area contributed by atoms with Gasteiger partial charge in [0.25, 0.3) is 0 Å². The van der Waals surface area contributed by atoms with Crippen molar-refractivity contribution in [2.45, 2.75) is 26.2 Å². The van der Waals surface area contributed by atoms with Gasteiger partial charge >= 0.3 is 0 Å². The van der Waals surface area contributed by atoms with Crippen LogP contribution in [0, 0.1) is 0 Å². The summed E-state index contributed by atoms with van der Waals surface area (Å²) in [5.74, 6) is 1.08. The Kier molecular flexibility index (Phi) is 5.90. The first-order valence-corrected chi connectivity index (χ1v) is 8.00. The molecule has 0 bridgehead atoms. The largest absolute Gasteiger partial charge is 0.378 e. The van der Waals surface area contributed by atoms with Crippen LogP contribution in [0.2, 0.25) is 0 Å². The molecule has 0 aliphatic carbocycles. The van der Waals surface area contributed by atoms with E-state index in [1.54, 1.807) is 0 Å². The van der Waals surface area contributed by atoms with Crippen LogP contribution in [0.1, 0.15) is 25.3 Å². The molecule has 0 saturated carbocycles. The first-order valence-electron chi connectivity index (χ1n) is 8.00. The van der Waals surface area contributed by atoms with Crippen LogP contribution in [0.5, 0.6) is 0 Å². The van der Waals surface area contributed by atoms with E-state index in [0.717, 1.165) is 38.6 Å². The van der Waals surface area contributed by atoms with E-state index >= 15 is 0 Å². The van der Waals surface area contributed by atoms with Crippen LogP contribution >= 0.6 is 0 Å². The van der Waals surface area contributed by atoms with Crippen molar-refractivity contribution in [3.63, 3.8) is 0 Å². The van der Waals surface area contributed by atoms with E-state index in [4.69, 9.17) is 4.99 Å². The minimum absolute atomic E-state index is 0.847. The average Bonchev–Trinajstić information content (AvgIpc) is 3.01. The van der Waals surface area contributed by atoms with Gasteiger partial charge in [-0.3, -0.25) is 4.99 Å². The van der Waals surface area contributed by atoms with Crippen LogP contribution in [-0.2, 0) is 6.42 Å². The van der Waals surface area contributed by atoms with Gasteiger partial charge in [-0.05, 0) is 43.9 Å². The number of nitrogens with one attached hydrogen (secondary N) is 1. The summed E-state index contributed by atoms with van der Waals surface area (Å²) in [4.78, 5) is 9.27. The molecule has 4 nitrogen and oxygen atoms in total. The van der Waals surface area contributed by atoms with Gasteiger partial charge in [-0.25, -0.2) is 0 Å². The number of anilines is 1. The molecule has 1 aromatic rings. The van der Waals surface area contributed by atoms with Crippen molar-refractivity contribution >= 4 is 11.6 Å². The van der Waals surface area contributed by atoms with Crippen LogP contribution < -0.4 is 10.2 Å².